The Balaban J connectivity index is 1.31. The standard InChI is InChI=1S/C22H33NO5/c1-14-4-3-5-15-12-17-18(19(24)21(14,15)2)16(20(25)28-17)13-23-8-6-22(7-9-23)26-10-11-27-22/h5,14,16-19,24H,3-4,6-13H2,1-2H3/t14-,16-,17-,18-,19-,21-/m1/s1. The molecule has 1 N–H and O–H groups in total. The second-order valence-electron chi connectivity index (χ2n) is 9.71. The van der Waals surface area contributed by atoms with Crippen LogP contribution in [0.3, 0.4) is 0 Å². The van der Waals surface area contributed by atoms with Crippen molar-refractivity contribution in [3.63, 3.8) is 0 Å². The number of fused-ring (bicyclic) bond motifs is 2. The number of hydrogen-bond donors (Lipinski definition) is 1. The number of aliphatic hydroxyl groups is 1. The van der Waals surface area contributed by atoms with Crippen molar-refractivity contribution >= 4 is 5.97 Å². The minimum absolute atomic E-state index is 0.106. The number of esters is 1. The topological polar surface area (TPSA) is 68.2 Å². The molecule has 0 amide bonds. The maximum absolute atomic E-state index is 12.8. The number of likely N-dealkylation sites (tertiary alicyclic amines) is 1. The molecule has 2 aliphatic carbocycles. The first-order valence-electron chi connectivity index (χ1n) is 11.0. The van der Waals surface area contributed by atoms with E-state index < -0.39 is 11.9 Å². The minimum Gasteiger partial charge on any atom is -0.461 e. The highest BCUT2D eigenvalue weighted by Gasteiger charge is 2.60. The number of nitrogens with zero attached hydrogens (tertiary/aromatic N) is 1. The monoisotopic (exact) mass is 391 g/mol. The van der Waals surface area contributed by atoms with Crippen LogP contribution in [0.5, 0.6) is 0 Å². The van der Waals surface area contributed by atoms with E-state index in [0.29, 0.717) is 25.7 Å². The predicted molar refractivity (Wildman–Crippen MR) is 102 cm³/mol. The molecular formula is C22H33NO5. The highest BCUT2D eigenvalue weighted by atomic mass is 16.7. The SMILES string of the molecule is C[C@@H]1CCC=C2C[C@H]3OC(=O)[C@H](CN4CCC5(CC4)OCCO5)[C@H]3[C@@H](O)[C@@]21C. The molecule has 3 heterocycles. The first-order chi connectivity index (χ1) is 13.4. The lowest BCUT2D eigenvalue weighted by molar-refractivity contribution is -0.186. The smallest absolute Gasteiger partial charge is 0.311 e. The first-order valence-corrected chi connectivity index (χ1v) is 11.0. The van der Waals surface area contributed by atoms with Crippen molar-refractivity contribution < 1.29 is 24.1 Å². The zero-order valence-electron chi connectivity index (χ0n) is 17.1. The highest BCUT2D eigenvalue weighted by molar-refractivity contribution is 5.76. The lowest BCUT2D eigenvalue weighted by Gasteiger charge is -2.52. The molecule has 1 spiro atoms. The predicted octanol–water partition coefficient (Wildman–Crippen LogP) is 2.11. The number of carbonyl (C=O) groups excluding carboxylic acids is 1. The van der Waals surface area contributed by atoms with Crippen LogP contribution in [0, 0.1) is 23.2 Å². The summed E-state index contributed by atoms with van der Waals surface area (Å²) in [6.07, 6.45) is 6.22. The van der Waals surface area contributed by atoms with E-state index in [1.807, 2.05) is 0 Å². The van der Waals surface area contributed by atoms with E-state index in [1.165, 1.54) is 5.57 Å². The molecule has 6 atom stereocenters. The fraction of sp³-hybridized carbons (Fsp3) is 0.864. The maximum Gasteiger partial charge on any atom is 0.311 e. The van der Waals surface area contributed by atoms with Gasteiger partial charge in [-0.05, 0) is 18.8 Å². The molecule has 6 heteroatoms. The van der Waals surface area contributed by atoms with Crippen LogP contribution >= 0.6 is 0 Å². The van der Waals surface area contributed by atoms with Gasteiger partial charge in [0.2, 0.25) is 0 Å². The van der Waals surface area contributed by atoms with Crippen molar-refractivity contribution in [1.29, 1.82) is 0 Å². The third kappa shape index (κ3) is 2.79. The molecule has 0 aromatic carbocycles. The normalized spacial score (nSPS) is 45.5. The molecule has 1 saturated carbocycles. The van der Waals surface area contributed by atoms with E-state index in [9.17, 15) is 9.90 Å². The van der Waals surface area contributed by atoms with E-state index in [0.717, 1.165) is 45.2 Å². The average Bonchev–Trinajstić information content (AvgIpc) is 3.25. The Hall–Kier alpha value is -0.950. The van der Waals surface area contributed by atoms with Crippen LogP contribution in [0.2, 0.25) is 0 Å². The van der Waals surface area contributed by atoms with Gasteiger partial charge in [0.15, 0.2) is 5.79 Å². The Labute approximate surface area is 167 Å². The van der Waals surface area contributed by atoms with E-state index >= 15 is 0 Å². The summed E-state index contributed by atoms with van der Waals surface area (Å²) in [6, 6.07) is 0. The van der Waals surface area contributed by atoms with E-state index in [4.69, 9.17) is 14.2 Å². The summed E-state index contributed by atoms with van der Waals surface area (Å²) in [6.45, 7) is 8.18. The number of allylic oxidation sites excluding steroid dienone is 1. The summed E-state index contributed by atoms with van der Waals surface area (Å²) in [4.78, 5) is 15.1. The van der Waals surface area contributed by atoms with Crippen LogP contribution in [0.1, 0.15) is 46.0 Å². The molecule has 4 fully saturated rings. The quantitative estimate of drug-likeness (QED) is 0.574. The number of aliphatic hydroxyl groups excluding tert-OH is 1. The van der Waals surface area contributed by atoms with Gasteiger partial charge in [0, 0.05) is 50.2 Å². The summed E-state index contributed by atoms with van der Waals surface area (Å²) >= 11 is 0. The summed E-state index contributed by atoms with van der Waals surface area (Å²) in [5.41, 5.74) is 1.06. The molecule has 156 valence electrons. The lowest BCUT2D eigenvalue weighted by Crippen LogP contribution is -2.55. The van der Waals surface area contributed by atoms with E-state index in [2.05, 4.69) is 24.8 Å². The van der Waals surface area contributed by atoms with Gasteiger partial charge in [0.05, 0.1) is 25.2 Å². The van der Waals surface area contributed by atoms with Crippen LogP contribution in [0.15, 0.2) is 11.6 Å². The van der Waals surface area contributed by atoms with Crippen LogP contribution in [-0.4, -0.2) is 66.8 Å². The van der Waals surface area contributed by atoms with Crippen molar-refractivity contribution in [2.45, 2.75) is 63.9 Å². The Morgan fingerprint density at radius 2 is 1.96 bits per heavy atom. The van der Waals surface area contributed by atoms with Gasteiger partial charge in [0.1, 0.15) is 6.10 Å². The molecule has 0 bridgehead atoms. The largest absolute Gasteiger partial charge is 0.461 e. The Morgan fingerprint density at radius 3 is 2.68 bits per heavy atom. The molecular weight excluding hydrogens is 358 g/mol. The lowest BCUT2D eigenvalue weighted by atomic mass is 9.55. The third-order valence-corrected chi connectivity index (χ3v) is 8.46. The maximum atomic E-state index is 12.8. The molecule has 5 rings (SSSR count). The van der Waals surface area contributed by atoms with Gasteiger partial charge in [-0.2, -0.15) is 0 Å². The summed E-state index contributed by atoms with van der Waals surface area (Å²) in [7, 11) is 0. The number of carbonyl (C=O) groups is 1. The molecule has 5 aliphatic rings. The van der Waals surface area contributed by atoms with Gasteiger partial charge >= 0.3 is 5.97 Å². The van der Waals surface area contributed by atoms with Crippen molar-refractivity contribution in [3.8, 4) is 0 Å². The Kier molecular flexibility index (Phi) is 4.62. The van der Waals surface area contributed by atoms with E-state index in [1.54, 1.807) is 0 Å². The number of hydrogen-bond acceptors (Lipinski definition) is 6. The number of rotatable bonds is 2. The van der Waals surface area contributed by atoms with Crippen molar-refractivity contribution in [2.24, 2.45) is 23.2 Å². The second-order valence-corrected chi connectivity index (χ2v) is 9.71. The zero-order valence-corrected chi connectivity index (χ0v) is 17.1. The fourth-order valence-electron chi connectivity index (χ4n) is 6.41. The van der Waals surface area contributed by atoms with Crippen LogP contribution < -0.4 is 0 Å². The highest BCUT2D eigenvalue weighted by Crippen LogP contribution is 2.56. The molecule has 3 aliphatic heterocycles. The molecule has 0 aromatic rings. The van der Waals surface area contributed by atoms with Crippen molar-refractivity contribution in [3.05, 3.63) is 11.6 Å². The summed E-state index contributed by atoms with van der Waals surface area (Å²) in [5, 5.41) is 11.5. The van der Waals surface area contributed by atoms with Gasteiger partial charge in [0.25, 0.3) is 0 Å². The molecule has 28 heavy (non-hydrogen) atoms. The molecule has 0 aromatic heterocycles. The molecule has 3 saturated heterocycles. The van der Waals surface area contributed by atoms with E-state index in [-0.39, 0.29) is 29.3 Å². The molecule has 0 unspecified atom stereocenters. The van der Waals surface area contributed by atoms with Crippen molar-refractivity contribution in [2.75, 3.05) is 32.8 Å². The van der Waals surface area contributed by atoms with Crippen molar-refractivity contribution in [1.82, 2.24) is 4.90 Å². The second kappa shape index (κ2) is 6.79. The third-order valence-electron chi connectivity index (χ3n) is 8.46. The first kappa shape index (κ1) is 19.0. The Bertz CT molecular complexity index is 662. The van der Waals surface area contributed by atoms with Gasteiger partial charge < -0.3 is 24.2 Å². The minimum atomic E-state index is -0.526. The Morgan fingerprint density at radius 1 is 1.25 bits per heavy atom. The summed E-state index contributed by atoms with van der Waals surface area (Å²) < 4.78 is 17.4. The zero-order chi connectivity index (χ0) is 19.5. The summed E-state index contributed by atoms with van der Waals surface area (Å²) in [5.74, 6) is -0.453. The molecule has 6 nitrogen and oxygen atoms in total. The van der Waals surface area contributed by atoms with Crippen LogP contribution in [-0.2, 0) is 19.0 Å². The fourth-order valence-corrected chi connectivity index (χ4v) is 6.41. The number of ether oxygens (including phenoxy) is 3. The molecule has 0 radical (unpaired) electrons. The van der Waals surface area contributed by atoms with Gasteiger partial charge in [-0.3, -0.25) is 4.79 Å². The van der Waals surface area contributed by atoms with Gasteiger partial charge in [-0.1, -0.05) is 25.5 Å². The number of piperidine rings is 1. The van der Waals surface area contributed by atoms with Gasteiger partial charge in [-0.15, -0.1) is 0 Å². The average molecular weight is 392 g/mol. The van der Waals surface area contributed by atoms with Crippen LogP contribution in [0.25, 0.3) is 0 Å². The van der Waals surface area contributed by atoms with Gasteiger partial charge in [-0.25, -0.2) is 0 Å². The van der Waals surface area contributed by atoms with Crippen LogP contribution in [0.4, 0.5) is 0 Å².